The highest BCUT2D eigenvalue weighted by Gasteiger charge is 2.21. The number of anilines is 1. The van der Waals surface area contributed by atoms with Crippen molar-refractivity contribution >= 4 is 11.6 Å². The lowest BCUT2D eigenvalue weighted by molar-refractivity contribution is -0.117. The Morgan fingerprint density at radius 1 is 1.40 bits per heavy atom. The van der Waals surface area contributed by atoms with Crippen molar-refractivity contribution in [2.45, 2.75) is 13.3 Å². The third kappa shape index (κ3) is 2.70. The minimum absolute atomic E-state index is 0.0141. The monoisotopic (exact) mass is 272 g/mol. The van der Waals surface area contributed by atoms with Gasteiger partial charge in [0, 0.05) is 13.3 Å². The lowest BCUT2D eigenvalue weighted by atomic mass is 9.99. The van der Waals surface area contributed by atoms with Crippen LogP contribution >= 0.6 is 0 Å². The van der Waals surface area contributed by atoms with E-state index in [-0.39, 0.29) is 5.91 Å². The molecule has 2 aromatic rings. The van der Waals surface area contributed by atoms with Crippen molar-refractivity contribution in [3.8, 4) is 11.5 Å². The van der Waals surface area contributed by atoms with Crippen LogP contribution in [-0.2, 0) is 4.79 Å². The van der Waals surface area contributed by atoms with Crippen molar-refractivity contribution in [1.82, 2.24) is 15.5 Å². The van der Waals surface area contributed by atoms with E-state index in [0.29, 0.717) is 29.8 Å². The molecular formula is C14H16N4O2. The molecule has 1 amide bonds. The first kappa shape index (κ1) is 12.8. The second-order valence-electron chi connectivity index (χ2n) is 4.95. The number of nitrogens with zero attached hydrogens (tertiary/aromatic N) is 2. The van der Waals surface area contributed by atoms with Gasteiger partial charge in [0.2, 0.25) is 17.7 Å². The van der Waals surface area contributed by atoms with Gasteiger partial charge in [-0.2, -0.15) is 0 Å². The van der Waals surface area contributed by atoms with Crippen LogP contribution in [0.25, 0.3) is 11.5 Å². The molecule has 0 saturated carbocycles. The molecule has 20 heavy (non-hydrogen) atoms. The van der Waals surface area contributed by atoms with Gasteiger partial charge >= 0.3 is 0 Å². The van der Waals surface area contributed by atoms with Crippen LogP contribution in [0.3, 0.4) is 0 Å². The third-order valence-electron chi connectivity index (χ3n) is 3.30. The van der Waals surface area contributed by atoms with Crippen molar-refractivity contribution in [2.24, 2.45) is 5.92 Å². The van der Waals surface area contributed by atoms with Crippen LogP contribution in [0.1, 0.15) is 12.3 Å². The molecule has 6 heteroatoms. The summed E-state index contributed by atoms with van der Waals surface area (Å²) in [5.41, 5.74) is 1.45. The van der Waals surface area contributed by atoms with E-state index in [1.54, 1.807) is 6.92 Å². The fourth-order valence-electron chi connectivity index (χ4n) is 2.14. The second kappa shape index (κ2) is 5.42. The minimum atomic E-state index is 0.0141. The van der Waals surface area contributed by atoms with Gasteiger partial charge in [-0.05, 0) is 31.1 Å². The molecule has 0 spiro atoms. The van der Waals surface area contributed by atoms with E-state index >= 15 is 0 Å². The van der Waals surface area contributed by atoms with Gasteiger partial charge in [-0.1, -0.05) is 12.1 Å². The first-order chi connectivity index (χ1) is 9.72. The number of rotatable bonds is 4. The average Bonchev–Trinajstić information content (AvgIpc) is 2.81. The quantitative estimate of drug-likeness (QED) is 0.883. The van der Waals surface area contributed by atoms with Crippen LogP contribution in [0.4, 0.5) is 5.69 Å². The first-order valence-corrected chi connectivity index (χ1v) is 6.62. The number of carbonyl (C=O) groups excluding carboxylic acids is 1. The molecule has 1 aliphatic rings. The zero-order chi connectivity index (χ0) is 13.9. The molecule has 1 fully saturated rings. The van der Waals surface area contributed by atoms with Crippen molar-refractivity contribution in [1.29, 1.82) is 0 Å². The molecule has 0 unspecified atom stereocenters. The van der Waals surface area contributed by atoms with Gasteiger partial charge in [-0.15, -0.1) is 10.2 Å². The number of benzene rings is 1. The van der Waals surface area contributed by atoms with Gasteiger partial charge in [0.15, 0.2) is 0 Å². The highest BCUT2D eigenvalue weighted by molar-refractivity contribution is 5.94. The Morgan fingerprint density at radius 2 is 2.20 bits per heavy atom. The third-order valence-corrected chi connectivity index (χ3v) is 3.30. The topological polar surface area (TPSA) is 80.0 Å². The summed E-state index contributed by atoms with van der Waals surface area (Å²) >= 11 is 0. The molecule has 3 rings (SSSR count). The van der Waals surface area contributed by atoms with Crippen LogP contribution in [-0.4, -0.2) is 29.2 Å². The first-order valence-electron chi connectivity index (χ1n) is 6.62. The van der Waals surface area contributed by atoms with Gasteiger partial charge in [0.25, 0.3) is 0 Å². The number of carbonyl (C=O) groups is 1. The molecule has 1 aromatic carbocycles. The molecule has 1 saturated heterocycles. The smallest absolute Gasteiger partial charge is 0.249 e. The maximum Gasteiger partial charge on any atom is 0.249 e. The van der Waals surface area contributed by atoms with Crippen molar-refractivity contribution in [2.75, 3.05) is 18.4 Å². The van der Waals surface area contributed by atoms with Crippen LogP contribution in [0, 0.1) is 12.8 Å². The van der Waals surface area contributed by atoms with Crippen LogP contribution < -0.4 is 10.6 Å². The minimum Gasteiger partial charge on any atom is -0.421 e. The summed E-state index contributed by atoms with van der Waals surface area (Å²) in [5.74, 6) is 1.37. The summed E-state index contributed by atoms with van der Waals surface area (Å²) in [4.78, 5) is 12.0. The predicted octanol–water partition coefficient (Wildman–Crippen LogP) is 1.59. The molecule has 0 aliphatic carbocycles. The molecular weight excluding hydrogens is 256 g/mol. The number of para-hydroxylation sites is 1. The average molecular weight is 272 g/mol. The van der Waals surface area contributed by atoms with E-state index in [1.165, 1.54) is 0 Å². The van der Waals surface area contributed by atoms with E-state index in [0.717, 1.165) is 18.7 Å². The second-order valence-corrected chi connectivity index (χ2v) is 4.95. The summed E-state index contributed by atoms with van der Waals surface area (Å²) in [6.07, 6.45) is 0.532. The fourth-order valence-corrected chi connectivity index (χ4v) is 2.14. The Hall–Kier alpha value is -2.21. The predicted molar refractivity (Wildman–Crippen MR) is 74.1 cm³/mol. The number of hydrogen-bond acceptors (Lipinski definition) is 5. The molecule has 2 heterocycles. The zero-order valence-corrected chi connectivity index (χ0v) is 11.2. The van der Waals surface area contributed by atoms with Gasteiger partial charge in [-0.25, -0.2) is 0 Å². The molecule has 1 aromatic heterocycles. The largest absolute Gasteiger partial charge is 0.421 e. The van der Waals surface area contributed by atoms with Crippen LogP contribution in [0.5, 0.6) is 0 Å². The van der Waals surface area contributed by atoms with Crippen LogP contribution in [0.15, 0.2) is 28.7 Å². The van der Waals surface area contributed by atoms with Crippen LogP contribution in [0.2, 0.25) is 0 Å². The number of aromatic nitrogens is 2. The maximum atomic E-state index is 12.0. The van der Waals surface area contributed by atoms with Gasteiger partial charge < -0.3 is 15.1 Å². The Morgan fingerprint density at radius 3 is 2.85 bits per heavy atom. The standard InChI is InChI=1S/C14H16N4O2/c1-9-17-18-14(20-9)11-4-2-3-5-12(11)16-13(19)6-10-7-15-8-10/h2-5,10,15H,6-8H2,1H3,(H,16,19). The van der Waals surface area contributed by atoms with E-state index < -0.39 is 0 Å². The molecule has 2 N–H and O–H groups in total. The lowest BCUT2D eigenvalue weighted by Gasteiger charge is -2.26. The number of nitrogens with one attached hydrogen (secondary N) is 2. The lowest BCUT2D eigenvalue weighted by Crippen LogP contribution is -2.43. The molecule has 0 radical (unpaired) electrons. The summed E-state index contributed by atoms with van der Waals surface area (Å²) in [6, 6.07) is 7.44. The Kier molecular flexibility index (Phi) is 3.47. The normalized spacial score (nSPS) is 14.8. The molecule has 6 nitrogen and oxygen atoms in total. The Balaban J connectivity index is 1.77. The van der Waals surface area contributed by atoms with E-state index in [2.05, 4.69) is 20.8 Å². The molecule has 1 aliphatic heterocycles. The SMILES string of the molecule is Cc1nnc(-c2ccccc2NC(=O)CC2CNC2)o1. The van der Waals surface area contributed by atoms with Gasteiger partial charge in [0.05, 0.1) is 11.3 Å². The number of hydrogen-bond donors (Lipinski definition) is 2. The molecule has 0 bridgehead atoms. The van der Waals surface area contributed by atoms with E-state index in [1.807, 2.05) is 24.3 Å². The van der Waals surface area contributed by atoms with Crippen molar-refractivity contribution in [3.63, 3.8) is 0 Å². The summed E-state index contributed by atoms with van der Waals surface area (Å²) in [6.45, 7) is 3.57. The number of aryl methyl sites for hydroxylation is 1. The maximum absolute atomic E-state index is 12.0. The Bertz CT molecular complexity index is 619. The fraction of sp³-hybridized carbons (Fsp3) is 0.357. The zero-order valence-electron chi connectivity index (χ0n) is 11.2. The summed E-state index contributed by atoms with van der Waals surface area (Å²) in [7, 11) is 0. The number of amides is 1. The Labute approximate surface area is 116 Å². The highest BCUT2D eigenvalue weighted by Crippen LogP contribution is 2.27. The van der Waals surface area contributed by atoms with Gasteiger partial charge in [-0.3, -0.25) is 4.79 Å². The molecule has 0 atom stereocenters. The van der Waals surface area contributed by atoms with Crippen molar-refractivity contribution < 1.29 is 9.21 Å². The summed E-state index contributed by atoms with van der Waals surface area (Å²) < 4.78 is 5.42. The van der Waals surface area contributed by atoms with E-state index in [9.17, 15) is 4.79 Å². The molecule has 104 valence electrons. The van der Waals surface area contributed by atoms with E-state index in [4.69, 9.17) is 4.42 Å². The van der Waals surface area contributed by atoms with Crippen molar-refractivity contribution in [3.05, 3.63) is 30.2 Å². The summed E-state index contributed by atoms with van der Waals surface area (Å²) in [5, 5.41) is 13.9. The highest BCUT2D eigenvalue weighted by atomic mass is 16.4. The van der Waals surface area contributed by atoms with Gasteiger partial charge in [0.1, 0.15) is 0 Å².